The molecule has 15 heteroatoms. The quantitative estimate of drug-likeness (QED) is 0.179. The molecule has 0 saturated carbocycles. The van der Waals surface area contributed by atoms with Gasteiger partial charge in [-0.05, 0) is 18.2 Å². The number of anilines is 2. The zero-order valence-electron chi connectivity index (χ0n) is 19.4. The molecule has 3 rings (SSSR count). The van der Waals surface area contributed by atoms with Crippen molar-refractivity contribution in [1.82, 2.24) is 25.1 Å². The van der Waals surface area contributed by atoms with E-state index in [-0.39, 0.29) is 28.3 Å². The van der Waals surface area contributed by atoms with Crippen molar-refractivity contribution in [2.45, 2.75) is 19.1 Å². The molecule has 0 saturated heterocycles. The number of allylic oxidation sites excluding steroid dienone is 2. The van der Waals surface area contributed by atoms with E-state index >= 15 is 0 Å². The van der Waals surface area contributed by atoms with Gasteiger partial charge in [0.05, 0.1) is 30.1 Å². The van der Waals surface area contributed by atoms with Gasteiger partial charge in [-0.1, -0.05) is 12.7 Å². The molecule has 200 valence electrons. The van der Waals surface area contributed by atoms with Gasteiger partial charge in [-0.25, -0.2) is 23.4 Å². The molecule has 3 aromatic rings. The van der Waals surface area contributed by atoms with Crippen molar-refractivity contribution in [3.63, 3.8) is 0 Å². The second-order valence-corrected chi connectivity index (χ2v) is 7.47. The van der Waals surface area contributed by atoms with Crippen LogP contribution in [0.25, 0.3) is 11.1 Å². The third-order valence-corrected chi connectivity index (χ3v) is 4.86. The second-order valence-electron chi connectivity index (χ2n) is 7.47. The molecule has 0 aliphatic rings. The summed E-state index contributed by atoms with van der Waals surface area (Å²) < 4.78 is 93.7. The number of benzene rings is 1. The standard InChI is InChI=1S/C23H18F7N7O/c1-3-14(23(28,29)30)6-19(31-2)36-20(38)5-12-4-18(25)16(7-17(12)24)13-8-32-22(33-9-13)35-15-10-34-37(11-15)21(26)27/h3-4,6-11,21H,1,5H2,2H3,(H,31,36,38)(H,32,33,35)/b14-6+. The number of amides is 1. The SMILES string of the molecule is C=C/C(=C\C(=NC)NC(=O)Cc1cc(F)c(-c2cnc(Nc3cnn(C(F)F)c3)nc2)cc1F)C(F)(F)F. The van der Waals surface area contributed by atoms with Crippen LogP contribution in [0.15, 0.2) is 66.2 Å². The molecule has 0 aliphatic heterocycles. The van der Waals surface area contributed by atoms with Gasteiger partial charge in [0.1, 0.15) is 17.5 Å². The van der Waals surface area contributed by atoms with Gasteiger partial charge in [-0.2, -0.15) is 27.1 Å². The smallest absolute Gasteiger partial charge is 0.321 e. The molecule has 0 bridgehead atoms. The Labute approximate surface area is 210 Å². The maximum Gasteiger partial charge on any atom is 0.416 e. The van der Waals surface area contributed by atoms with Crippen molar-refractivity contribution < 1.29 is 35.5 Å². The molecule has 0 unspecified atom stereocenters. The number of nitrogens with one attached hydrogen (secondary N) is 2. The lowest BCUT2D eigenvalue weighted by Crippen LogP contribution is -2.31. The first-order valence-corrected chi connectivity index (χ1v) is 10.5. The fourth-order valence-corrected chi connectivity index (χ4v) is 3.04. The topological polar surface area (TPSA) is 97.1 Å². The first-order valence-electron chi connectivity index (χ1n) is 10.5. The second kappa shape index (κ2) is 11.7. The molecule has 38 heavy (non-hydrogen) atoms. The lowest BCUT2D eigenvalue weighted by Gasteiger charge is -2.11. The minimum Gasteiger partial charge on any atom is -0.321 e. The van der Waals surface area contributed by atoms with Gasteiger partial charge < -0.3 is 10.6 Å². The molecule has 0 fully saturated rings. The number of hydrogen-bond acceptors (Lipinski definition) is 6. The van der Waals surface area contributed by atoms with Crippen LogP contribution in [0.1, 0.15) is 12.1 Å². The Morgan fingerprint density at radius 2 is 1.84 bits per heavy atom. The number of halogens is 7. The van der Waals surface area contributed by atoms with Crippen LogP contribution in [0.5, 0.6) is 0 Å². The van der Waals surface area contributed by atoms with E-state index in [0.29, 0.717) is 16.8 Å². The number of aliphatic imine (C=N–C) groups is 1. The zero-order chi connectivity index (χ0) is 28.0. The van der Waals surface area contributed by atoms with Gasteiger partial charge in [0, 0.05) is 36.1 Å². The summed E-state index contributed by atoms with van der Waals surface area (Å²) in [5, 5.41) is 8.17. The summed E-state index contributed by atoms with van der Waals surface area (Å²) >= 11 is 0. The van der Waals surface area contributed by atoms with E-state index in [0.717, 1.165) is 44.0 Å². The third-order valence-electron chi connectivity index (χ3n) is 4.86. The van der Waals surface area contributed by atoms with Crippen LogP contribution in [0.2, 0.25) is 0 Å². The van der Waals surface area contributed by atoms with E-state index in [2.05, 4.69) is 37.3 Å². The number of nitrogens with zero attached hydrogens (tertiary/aromatic N) is 5. The molecule has 2 aromatic heterocycles. The Kier molecular flexibility index (Phi) is 8.60. The monoisotopic (exact) mass is 541 g/mol. The maximum atomic E-state index is 14.7. The summed E-state index contributed by atoms with van der Waals surface area (Å²) in [6, 6.07) is 1.57. The number of carbonyl (C=O) groups excluding carboxylic acids is 1. The molecular formula is C23H18F7N7O. The van der Waals surface area contributed by atoms with Gasteiger partial charge in [0.25, 0.3) is 0 Å². The van der Waals surface area contributed by atoms with E-state index in [1.54, 1.807) is 0 Å². The summed E-state index contributed by atoms with van der Waals surface area (Å²) in [5.74, 6) is -3.30. The van der Waals surface area contributed by atoms with Crippen LogP contribution < -0.4 is 10.6 Å². The number of alkyl halides is 5. The Balaban J connectivity index is 1.72. The van der Waals surface area contributed by atoms with Gasteiger partial charge >= 0.3 is 12.7 Å². The predicted octanol–water partition coefficient (Wildman–Crippen LogP) is 5.12. The molecule has 2 heterocycles. The van der Waals surface area contributed by atoms with Crippen LogP contribution >= 0.6 is 0 Å². The number of rotatable bonds is 8. The zero-order valence-corrected chi connectivity index (χ0v) is 19.4. The van der Waals surface area contributed by atoms with Crippen LogP contribution in [0.4, 0.5) is 42.4 Å². The highest BCUT2D eigenvalue weighted by Gasteiger charge is 2.31. The molecule has 1 amide bonds. The van der Waals surface area contributed by atoms with Crippen molar-refractivity contribution in [2.24, 2.45) is 4.99 Å². The summed E-state index contributed by atoms with van der Waals surface area (Å²) in [4.78, 5) is 23.7. The molecule has 8 nitrogen and oxygen atoms in total. The molecule has 1 aromatic carbocycles. The fourth-order valence-electron chi connectivity index (χ4n) is 3.04. The molecular weight excluding hydrogens is 523 g/mol. The first kappa shape index (κ1) is 28.0. The van der Waals surface area contributed by atoms with Crippen LogP contribution in [-0.4, -0.2) is 44.7 Å². The Morgan fingerprint density at radius 3 is 2.39 bits per heavy atom. The van der Waals surface area contributed by atoms with E-state index < -0.39 is 48.1 Å². The van der Waals surface area contributed by atoms with Gasteiger partial charge in [-0.15, -0.1) is 0 Å². The van der Waals surface area contributed by atoms with Crippen LogP contribution in [-0.2, 0) is 11.2 Å². The normalized spacial score (nSPS) is 12.6. The number of carbonyl (C=O) groups is 1. The average Bonchev–Trinajstić information content (AvgIpc) is 3.32. The summed E-state index contributed by atoms with van der Waals surface area (Å²) in [6.07, 6.45) is 0.114. The van der Waals surface area contributed by atoms with E-state index in [1.165, 1.54) is 0 Å². The Bertz CT molecular complexity index is 1380. The van der Waals surface area contributed by atoms with Crippen LogP contribution in [0.3, 0.4) is 0 Å². The highest BCUT2D eigenvalue weighted by molar-refractivity contribution is 6.05. The number of aromatic nitrogens is 4. The summed E-state index contributed by atoms with van der Waals surface area (Å²) in [7, 11) is 1.14. The molecule has 0 atom stereocenters. The van der Waals surface area contributed by atoms with E-state index in [4.69, 9.17) is 0 Å². The molecule has 0 radical (unpaired) electrons. The van der Waals surface area contributed by atoms with E-state index in [1.807, 2.05) is 0 Å². The fraction of sp³-hybridized carbons (Fsp3) is 0.174. The average molecular weight is 541 g/mol. The lowest BCUT2D eigenvalue weighted by molar-refractivity contribution is -0.119. The van der Waals surface area contributed by atoms with Gasteiger partial charge in [0.2, 0.25) is 11.9 Å². The largest absolute Gasteiger partial charge is 0.416 e. The van der Waals surface area contributed by atoms with Crippen molar-refractivity contribution in [3.8, 4) is 11.1 Å². The Hall–Kier alpha value is -4.56. The highest BCUT2D eigenvalue weighted by atomic mass is 19.4. The first-order chi connectivity index (χ1) is 17.9. The molecule has 0 aliphatic carbocycles. The number of amidine groups is 1. The summed E-state index contributed by atoms with van der Waals surface area (Å²) in [5.41, 5.74) is -1.52. The molecule has 2 N–H and O–H groups in total. The van der Waals surface area contributed by atoms with E-state index in [9.17, 15) is 35.5 Å². The number of hydrogen-bond donors (Lipinski definition) is 2. The molecule has 0 spiro atoms. The maximum absolute atomic E-state index is 14.7. The Morgan fingerprint density at radius 1 is 1.16 bits per heavy atom. The highest BCUT2D eigenvalue weighted by Crippen LogP contribution is 2.27. The van der Waals surface area contributed by atoms with Crippen molar-refractivity contribution in [2.75, 3.05) is 12.4 Å². The summed E-state index contributed by atoms with van der Waals surface area (Å²) in [6.45, 7) is 0.224. The minimum absolute atomic E-state index is 0.0238. The predicted molar refractivity (Wildman–Crippen MR) is 124 cm³/mol. The van der Waals surface area contributed by atoms with Crippen molar-refractivity contribution in [1.29, 1.82) is 0 Å². The van der Waals surface area contributed by atoms with Gasteiger partial charge in [-0.3, -0.25) is 9.79 Å². The van der Waals surface area contributed by atoms with Crippen molar-refractivity contribution >= 4 is 23.4 Å². The van der Waals surface area contributed by atoms with Crippen molar-refractivity contribution in [3.05, 3.63) is 78.4 Å². The van der Waals surface area contributed by atoms with Crippen LogP contribution in [0, 0.1) is 11.6 Å². The lowest BCUT2D eigenvalue weighted by atomic mass is 10.0. The van der Waals surface area contributed by atoms with Gasteiger partial charge in [0.15, 0.2) is 0 Å². The minimum atomic E-state index is -4.73. The third kappa shape index (κ3) is 7.02.